The zero-order valence-corrected chi connectivity index (χ0v) is 12.6. The second-order valence-corrected chi connectivity index (χ2v) is 7.46. The van der Waals surface area contributed by atoms with Gasteiger partial charge in [-0.15, -0.1) is 0 Å². The highest BCUT2D eigenvalue weighted by Gasteiger charge is 2.30. The lowest BCUT2D eigenvalue weighted by Gasteiger charge is -2.36. The minimum atomic E-state index is -3.06. The molecule has 4 nitrogen and oxygen atoms in total. The van der Waals surface area contributed by atoms with Gasteiger partial charge in [0.25, 0.3) is 0 Å². The van der Waals surface area contributed by atoms with Crippen molar-refractivity contribution < 1.29 is 8.42 Å². The second-order valence-electron chi connectivity index (χ2n) is 4.76. The minimum Gasteiger partial charge on any atom is -0.310 e. The first-order valence-electron chi connectivity index (χ1n) is 5.87. The number of sulfonamides is 1. The van der Waals surface area contributed by atoms with E-state index >= 15 is 0 Å². The van der Waals surface area contributed by atoms with Gasteiger partial charge in [-0.05, 0) is 30.5 Å². The van der Waals surface area contributed by atoms with Crippen molar-refractivity contribution in [2.75, 3.05) is 6.26 Å². The number of benzene rings is 1. The van der Waals surface area contributed by atoms with E-state index in [2.05, 4.69) is 38.1 Å². The molecule has 0 bridgehead atoms. The Labute approximate surface area is 116 Å². The quantitative estimate of drug-likeness (QED) is 0.861. The molecule has 1 aliphatic rings. The van der Waals surface area contributed by atoms with Crippen molar-refractivity contribution in [3.8, 4) is 0 Å². The van der Waals surface area contributed by atoms with Gasteiger partial charge in [0.05, 0.1) is 6.26 Å². The number of hydrogen-bond acceptors (Lipinski definition) is 3. The van der Waals surface area contributed by atoms with Crippen LogP contribution in [0.15, 0.2) is 28.7 Å². The van der Waals surface area contributed by atoms with E-state index < -0.39 is 10.0 Å². The molecule has 1 aliphatic carbocycles. The van der Waals surface area contributed by atoms with Crippen LogP contribution in [0.4, 0.5) is 0 Å². The summed E-state index contributed by atoms with van der Waals surface area (Å²) in [7, 11) is -3.06. The minimum absolute atomic E-state index is 0.0995. The molecule has 0 atom stereocenters. The third-order valence-electron chi connectivity index (χ3n) is 3.03. The van der Waals surface area contributed by atoms with Crippen LogP contribution >= 0.6 is 15.9 Å². The van der Waals surface area contributed by atoms with E-state index in [1.807, 2.05) is 12.1 Å². The summed E-state index contributed by atoms with van der Waals surface area (Å²) in [6.07, 6.45) is 2.93. The molecule has 0 heterocycles. The molecule has 0 unspecified atom stereocenters. The van der Waals surface area contributed by atoms with Gasteiger partial charge in [0.1, 0.15) is 0 Å². The molecule has 1 saturated carbocycles. The van der Waals surface area contributed by atoms with E-state index in [1.54, 1.807) is 0 Å². The third kappa shape index (κ3) is 4.35. The molecule has 0 aromatic heterocycles. The molecule has 100 valence electrons. The van der Waals surface area contributed by atoms with Crippen molar-refractivity contribution in [1.82, 2.24) is 10.0 Å². The van der Waals surface area contributed by atoms with Gasteiger partial charge in [0, 0.05) is 23.1 Å². The highest BCUT2D eigenvalue weighted by atomic mass is 79.9. The lowest BCUT2D eigenvalue weighted by Crippen LogP contribution is -2.51. The van der Waals surface area contributed by atoms with E-state index in [4.69, 9.17) is 0 Å². The van der Waals surface area contributed by atoms with Gasteiger partial charge < -0.3 is 5.32 Å². The fourth-order valence-corrected chi connectivity index (χ4v) is 3.11. The van der Waals surface area contributed by atoms with Crippen molar-refractivity contribution in [3.05, 3.63) is 34.3 Å². The molecular formula is C12H17BrN2O2S. The van der Waals surface area contributed by atoms with Crippen molar-refractivity contribution in [1.29, 1.82) is 0 Å². The van der Waals surface area contributed by atoms with Gasteiger partial charge >= 0.3 is 0 Å². The third-order valence-corrected chi connectivity index (χ3v) is 4.32. The molecule has 2 rings (SSSR count). The van der Waals surface area contributed by atoms with Crippen LogP contribution in [0.1, 0.15) is 18.4 Å². The predicted octanol–water partition coefficient (Wildman–Crippen LogP) is 1.62. The average Bonchev–Trinajstić information content (AvgIpc) is 2.22. The molecule has 0 amide bonds. The highest BCUT2D eigenvalue weighted by Crippen LogP contribution is 2.21. The number of halogens is 1. The van der Waals surface area contributed by atoms with E-state index in [9.17, 15) is 8.42 Å². The fraction of sp³-hybridized carbons (Fsp3) is 0.500. The topological polar surface area (TPSA) is 58.2 Å². The molecule has 1 aromatic carbocycles. The maximum Gasteiger partial charge on any atom is 0.208 e. The molecule has 1 fully saturated rings. The van der Waals surface area contributed by atoms with Gasteiger partial charge in [-0.2, -0.15) is 0 Å². The standard InChI is InChI=1S/C12H17BrN2O2S/c1-18(16,17)15-12-6-11(7-12)14-8-9-2-4-10(13)5-3-9/h2-5,11-12,14-15H,6-8H2,1H3. The van der Waals surface area contributed by atoms with E-state index in [0.717, 1.165) is 23.9 Å². The fourth-order valence-electron chi connectivity index (χ4n) is 2.05. The Balaban J connectivity index is 1.70. The van der Waals surface area contributed by atoms with Crippen LogP contribution in [-0.4, -0.2) is 26.8 Å². The van der Waals surface area contributed by atoms with E-state index in [1.165, 1.54) is 11.8 Å². The molecule has 6 heteroatoms. The normalized spacial score (nSPS) is 23.7. The molecule has 0 spiro atoms. The van der Waals surface area contributed by atoms with Crippen molar-refractivity contribution in [3.63, 3.8) is 0 Å². The summed E-state index contributed by atoms with van der Waals surface area (Å²) >= 11 is 3.40. The smallest absolute Gasteiger partial charge is 0.208 e. The number of nitrogens with one attached hydrogen (secondary N) is 2. The molecule has 2 N–H and O–H groups in total. The Morgan fingerprint density at radius 2 is 1.83 bits per heavy atom. The average molecular weight is 333 g/mol. The Morgan fingerprint density at radius 1 is 1.22 bits per heavy atom. The first-order valence-corrected chi connectivity index (χ1v) is 8.56. The maximum atomic E-state index is 11.0. The van der Waals surface area contributed by atoms with Crippen LogP contribution in [-0.2, 0) is 16.6 Å². The largest absolute Gasteiger partial charge is 0.310 e. The van der Waals surface area contributed by atoms with Gasteiger partial charge in [0.15, 0.2) is 0 Å². The summed E-state index contributed by atoms with van der Waals surface area (Å²) in [4.78, 5) is 0. The lowest BCUT2D eigenvalue weighted by molar-refractivity contribution is 0.274. The monoisotopic (exact) mass is 332 g/mol. The summed E-state index contributed by atoms with van der Waals surface area (Å²) in [6, 6.07) is 8.69. The van der Waals surface area contributed by atoms with Gasteiger partial charge in [-0.1, -0.05) is 28.1 Å². The van der Waals surface area contributed by atoms with Gasteiger partial charge in [0.2, 0.25) is 10.0 Å². The van der Waals surface area contributed by atoms with E-state index in [0.29, 0.717) is 6.04 Å². The van der Waals surface area contributed by atoms with Crippen LogP contribution in [0.5, 0.6) is 0 Å². The second kappa shape index (κ2) is 5.69. The molecule has 18 heavy (non-hydrogen) atoms. The van der Waals surface area contributed by atoms with Crippen LogP contribution < -0.4 is 10.0 Å². The van der Waals surface area contributed by atoms with Crippen molar-refractivity contribution in [2.45, 2.75) is 31.5 Å². The zero-order valence-electron chi connectivity index (χ0n) is 10.2. The van der Waals surface area contributed by atoms with E-state index in [-0.39, 0.29) is 6.04 Å². The van der Waals surface area contributed by atoms with Gasteiger partial charge in [-0.25, -0.2) is 13.1 Å². The predicted molar refractivity (Wildman–Crippen MR) is 75.8 cm³/mol. The van der Waals surface area contributed by atoms with Crippen molar-refractivity contribution >= 4 is 26.0 Å². The lowest BCUT2D eigenvalue weighted by atomic mass is 9.87. The first-order chi connectivity index (χ1) is 8.42. The Morgan fingerprint density at radius 3 is 2.39 bits per heavy atom. The molecular weight excluding hydrogens is 316 g/mol. The summed E-state index contributed by atoms with van der Waals surface area (Å²) in [5, 5.41) is 3.42. The Hall–Kier alpha value is -0.430. The van der Waals surface area contributed by atoms with Crippen LogP contribution in [0.3, 0.4) is 0 Å². The molecule has 0 aliphatic heterocycles. The van der Waals surface area contributed by atoms with Crippen LogP contribution in [0.25, 0.3) is 0 Å². The summed E-state index contributed by atoms with van der Waals surface area (Å²) in [5.41, 5.74) is 1.23. The Bertz CT molecular complexity index is 495. The summed E-state index contributed by atoms with van der Waals surface area (Å²) < 4.78 is 25.7. The SMILES string of the molecule is CS(=O)(=O)NC1CC(NCc2ccc(Br)cc2)C1. The van der Waals surface area contributed by atoms with Gasteiger partial charge in [-0.3, -0.25) is 0 Å². The first kappa shape index (κ1) is 14.0. The highest BCUT2D eigenvalue weighted by molar-refractivity contribution is 9.10. The summed E-state index contributed by atoms with van der Waals surface area (Å²) in [6.45, 7) is 0.823. The molecule has 0 radical (unpaired) electrons. The number of hydrogen-bond donors (Lipinski definition) is 2. The van der Waals surface area contributed by atoms with Crippen LogP contribution in [0, 0.1) is 0 Å². The zero-order chi connectivity index (χ0) is 13.2. The number of rotatable bonds is 5. The van der Waals surface area contributed by atoms with Crippen molar-refractivity contribution in [2.24, 2.45) is 0 Å². The summed E-state index contributed by atoms with van der Waals surface area (Å²) in [5.74, 6) is 0. The Kier molecular flexibility index (Phi) is 4.42. The maximum absolute atomic E-state index is 11.0. The molecule has 1 aromatic rings. The van der Waals surface area contributed by atoms with Crippen LogP contribution in [0.2, 0.25) is 0 Å². The molecule has 0 saturated heterocycles.